The van der Waals surface area contributed by atoms with E-state index in [1.165, 1.54) is 4.57 Å². The molecule has 0 bridgehead atoms. The maximum absolute atomic E-state index is 12.5. The zero-order valence-electron chi connectivity index (χ0n) is 13.0. The number of amides is 1. The highest BCUT2D eigenvalue weighted by atomic mass is 35.5. The Balaban J connectivity index is 1.88. The van der Waals surface area contributed by atoms with Gasteiger partial charge in [0.2, 0.25) is 0 Å². The molecule has 0 aliphatic rings. The van der Waals surface area contributed by atoms with Crippen LogP contribution in [0, 0.1) is 0 Å². The number of anilines is 1. The fraction of sp³-hybridized carbons (Fsp3) is 0.111. The highest BCUT2D eigenvalue weighted by Gasteiger charge is 2.09. The van der Waals surface area contributed by atoms with E-state index < -0.39 is 0 Å². The molecule has 0 aliphatic heterocycles. The van der Waals surface area contributed by atoms with E-state index in [2.05, 4.69) is 10.3 Å². The molecule has 2 heterocycles. The molecule has 0 unspecified atom stereocenters. The number of carbonyl (C=O) groups excluding carboxylic acids is 1. The lowest BCUT2D eigenvalue weighted by Gasteiger charge is -2.09. The summed E-state index contributed by atoms with van der Waals surface area (Å²) in [5.74, 6) is 0.739. The van der Waals surface area contributed by atoms with E-state index in [1.807, 2.05) is 25.1 Å². The number of furan rings is 1. The average molecular weight is 342 g/mol. The zero-order chi connectivity index (χ0) is 16.9. The van der Waals surface area contributed by atoms with Gasteiger partial charge in [-0.2, -0.15) is 0 Å². The molecule has 24 heavy (non-hydrogen) atoms. The third-order valence-corrected chi connectivity index (χ3v) is 3.69. The monoisotopic (exact) mass is 341 g/mol. The Hall–Kier alpha value is -2.79. The minimum absolute atomic E-state index is 0.197. The normalized spacial score (nSPS) is 12.8. The molecule has 1 N–H and O–H groups in total. The van der Waals surface area contributed by atoms with Crippen molar-refractivity contribution in [2.24, 2.45) is 4.99 Å². The van der Waals surface area contributed by atoms with Crippen molar-refractivity contribution in [1.82, 2.24) is 4.57 Å². The van der Waals surface area contributed by atoms with Crippen LogP contribution >= 0.6 is 11.6 Å². The third-order valence-electron chi connectivity index (χ3n) is 3.43. The maximum Gasteiger partial charge on any atom is 0.331 e. The second-order valence-corrected chi connectivity index (χ2v) is 5.62. The van der Waals surface area contributed by atoms with E-state index in [1.54, 1.807) is 48.9 Å². The molecule has 3 rings (SSSR count). The van der Waals surface area contributed by atoms with Gasteiger partial charge in [0.25, 0.3) is 0 Å². The smallest absolute Gasteiger partial charge is 0.331 e. The summed E-state index contributed by atoms with van der Waals surface area (Å²) >= 11 is 5.85. The Labute approximate surface area is 144 Å². The number of hydrogen-bond acceptors (Lipinski definition) is 3. The molecule has 1 aromatic carbocycles. The van der Waals surface area contributed by atoms with Gasteiger partial charge in [-0.25, -0.2) is 4.79 Å². The van der Waals surface area contributed by atoms with Crippen molar-refractivity contribution >= 4 is 23.3 Å². The summed E-state index contributed by atoms with van der Waals surface area (Å²) in [5.41, 5.74) is 1.19. The Morgan fingerprint density at radius 3 is 2.67 bits per heavy atom. The van der Waals surface area contributed by atoms with Gasteiger partial charge in [0, 0.05) is 16.9 Å². The molecule has 0 aliphatic carbocycles. The summed E-state index contributed by atoms with van der Waals surface area (Å²) in [5, 5.41) is 3.43. The fourth-order valence-electron chi connectivity index (χ4n) is 2.22. The summed E-state index contributed by atoms with van der Waals surface area (Å²) in [7, 11) is 0. The Kier molecular flexibility index (Phi) is 4.82. The minimum atomic E-state index is -0.302. The van der Waals surface area contributed by atoms with Gasteiger partial charge < -0.3 is 9.73 Å². The van der Waals surface area contributed by atoms with E-state index in [4.69, 9.17) is 16.0 Å². The lowest BCUT2D eigenvalue weighted by molar-refractivity contribution is 0.252. The van der Waals surface area contributed by atoms with Crippen LogP contribution in [0.2, 0.25) is 5.02 Å². The SMILES string of the molecule is C[C@H](N=c1ccccn1C(=O)Nc1ccc(Cl)cc1)c1ccco1. The van der Waals surface area contributed by atoms with Crippen molar-refractivity contribution in [3.05, 3.63) is 83.3 Å². The summed E-state index contributed by atoms with van der Waals surface area (Å²) in [6, 6.07) is 15.5. The highest BCUT2D eigenvalue weighted by Crippen LogP contribution is 2.16. The number of nitrogens with zero attached hydrogens (tertiary/aromatic N) is 2. The van der Waals surface area contributed by atoms with Gasteiger partial charge in [0.05, 0.1) is 6.26 Å². The molecule has 1 atom stereocenters. The molecule has 122 valence electrons. The predicted octanol–water partition coefficient (Wildman–Crippen LogP) is 4.48. The van der Waals surface area contributed by atoms with E-state index in [0.717, 1.165) is 5.76 Å². The van der Waals surface area contributed by atoms with Crippen molar-refractivity contribution in [2.75, 3.05) is 5.32 Å². The summed E-state index contributed by atoms with van der Waals surface area (Å²) < 4.78 is 6.81. The van der Waals surface area contributed by atoms with Crippen molar-refractivity contribution in [1.29, 1.82) is 0 Å². The van der Waals surface area contributed by atoms with Crippen LogP contribution in [0.25, 0.3) is 0 Å². The van der Waals surface area contributed by atoms with E-state index in [0.29, 0.717) is 16.2 Å². The van der Waals surface area contributed by atoms with Gasteiger partial charge in [-0.1, -0.05) is 17.7 Å². The first kappa shape index (κ1) is 16.1. The van der Waals surface area contributed by atoms with Crippen molar-refractivity contribution in [3.8, 4) is 0 Å². The molecule has 0 spiro atoms. The lowest BCUT2D eigenvalue weighted by atomic mass is 10.3. The number of nitrogens with one attached hydrogen (secondary N) is 1. The Morgan fingerprint density at radius 2 is 1.96 bits per heavy atom. The predicted molar refractivity (Wildman–Crippen MR) is 93.0 cm³/mol. The number of hydrogen-bond donors (Lipinski definition) is 1. The molecule has 2 aromatic heterocycles. The quantitative estimate of drug-likeness (QED) is 0.763. The molecule has 0 saturated heterocycles. The minimum Gasteiger partial charge on any atom is -0.467 e. The number of benzene rings is 1. The van der Waals surface area contributed by atoms with Crippen LogP contribution in [0.1, 0.15) is 18.7 Å². The van der Waals surface area contributed by atoms with Crippen LogP contribution in [0.5, 0.6) is 0 Å². The molecular weight excluding hydrogens is 326 g/mol. The third kappa shape index (κ3) is 3.75. The number of rotatable bonds is 3. The van der Waals surface area contributed by atoms with Gasteiger partial charge in [0.1, 0.15) is 17.3 Å². The fourth-order valence-corrected chi connectivity index (χ4v) is 2.34. The topological polar surface area (TPSA) is 59.5 Å². The van der Waals surface area contributed by atoms with E-state index in [9.17, 15) is 4.79 Å². The van der Waals surface area contributed by atoms with Crippen LogP contribution in [0.4, 0.5) is 10.5 Å². The first-order valence-electron chi connectivity index (χ1n) is 7.45. The number of pyridine rings is 1. The van der Waals surface area contributed by atoms with Crippen molar-refractivity contribution in [3.63, 3.8) is 0 Å². The molecular formula is C18H16ClN3O2. The average Bonchev–Trinajstić information content (AvgIpc) is 3.12. The second kappa shape index (κ2) is 7.19. The molecule has 1 amide bonds. The van der Waals surface area contributed by atoms with Crippen molar-refractivity contribution < 1.29 is 9.21 Å². The van der Waals surface area contributed by atoms with Gasteiger partial charge in [-0.15, -0.1) is 0 Å². The van der Waals surface area contributed by atoms with E-state index in [-0.39, 0.29) is 12.1 Å². The lowest BCUT2D eigenvalue weighted by Crippen LogP contribution is -2.31. The number of carbonyl (C=O) groups is 1. The molecule has 6 heteroatoms. The summed E-state index contributed by atoms with van der Waals surface area (Å²) in [4.78, 5) is 17.1. The molecule has 0 saturated carbocycles. The second-order valence-electron chi connectivity index (χ2n) is 5.19. The first-order valence-corrected chi connectivity index (χ1v) is 7.83. The molecule has 0 radical (unpaired) electrons. The van der Waals surface area contributed by atoms with Crippen LogP contribution in [0.3, 0.4) is 0 Å². The zero-order valence-corrected chi connectivity index (χ0v) is 13.8. The molecule has 5 nitrogen and oxygen atoms in total. The standard InChI is InChI=1S/C18H16ClN3O2/c1-13(16-5-4-12-24-16)20-17-6-2-3-11-22(17)18(23)21-15-9-7-14(19)8-10-15/h2-13H,1H3,(H,21,23)/t13-/m0/s1. The van der Waals surface area contributed by atoms with Crippen LogP contribution in [0.15, 0.2) is 76.5 Å². The molecule has 0 fully saturated rings. The Morgan fingerprint density at radius 1 is 1.17 bits per heavy atom. The van der Waals surface area contributed by atoms with Gasteiger partial charge in [0.15, 0.2) is 0 Å². The summed E-state index contributed by atoms with van der Waals surface area (Å²) in [6.45, 7) is 1.91. The highest BCUT2D eigenvalue weighted by molar-refractivity contribution is 6.30. The molecule has 3 aromatic rings. The summed E-state index contributed by atoms with van der Waals surface area (Å²) in [6.07, 6.45) is 3.27. The number of halogens is 1. The van der Waals surface area contributed by atoms with Crippen LogP contribution < -0.4 is 10.8 Å². The van der Waals surface area contributed by atoms with Crippen molar-refractivity contribution in [2.45, 2.75) is 13.0 Å². The maximum atomic E-state index is 12.5. The van der Waals surface area contributed by atoms with Gasteiger partial charge in [-0.05, 0) is 55.5 Å². The Bertz CT molecular complexity index is 883. The number of aromatic nitrogens is 1. The van der Waals surface area contributed by atoms with Crippen LogP contribution in [-0.4, -0.2) is 10.6 Å². The van der Waals surface area contributed by atoms with Crippen LogP contribution in [-0.2, 0) is 0 Å². The van der Waals surface area contributed by atoms with Gasteiger partial charge in [-0.3, -0.25) is 9.56 Å². The van der Waals surface area contributed by atoms with E-state index >= 15 is 0 Å². The first-order chi connectivity index (χ1) is 11.6. The van der Waals surface area contributed by atoms with Gasteiger partial charge >= 0.3 is 6.03 Å². The largest absolute Gasteiger partial charge is 0.467 e.